The highest BCUT2D eigenvalue weighted by Gasteiger charge is 2.26. The van der Waals surface area contributed by atoms with Gasteiger partial charge >= 0.3 is 0 Å². The molecule has 4 aromatic rings. The Morgan fingerprint density at radius 3 is 2.35 bits per heavy atom. The number of hydrogen-bond acceptors (Lipinski definition) is 7. The number of furan rings is 1. The molecule has 11 heteroatoms. The number of nitrogens with one attached hydrogen (secondary N) is 1. The quantitative estimate of drug-likeness (QED) is 0.467. The van der Waals surface area contributed by atoms with Crippen LogP contribution in [0, 0.1) is 0 Å². The van der Waals surface area contributed by atoms with Crippen LogP contribution in [0.3, 0.4) is 0 Å². The van der Waals surface area contributed by atoms with Crippen molar-refractivity contribution in [1.82, 2.24) is 9.71 Å². The predicted molar refractivity (Wildman–Crippen MR) is 112 cm³/mol. The Kier molecular flexibility index (Phi) is 5.09. The van der Waals surface area contributed by atoms with Crippen LogP contribution >= 0.6 is 0 Å². The summed E-state index contributed by atoms with van der Waals surface area (Å²) in [4.78, 5) is 15.4. The number of pyridine rings is 1. The average molecular weight is 457 g/mol. The average Bonchev–Trinajstić information content (AvgIpc) is 3.17. The van der Waals surface area contributed by atoms with E-state index in [1.165, 1.54) is 30.3 Å². The highest BCUT2D eigenvalue weighted by molar-refractivity contribution is 7.92. The Hall–Kier alpha value is -3.54. The smallest absolute Gasteiger partial charge is 0.265 e. The zero-order valence-electron chi connectivity index (χ0n) is 15.7. The highest BCUT2D eigenvalue weighted by atomic mass is 32.2. The summed E-state index contributed by atoms with van der Waals surface area (Å²) in [6.45, 7) is 0. The van der Waals surface area contributed by atoms with Gasteiger partial charge in [-0.1, -0.05) is 12.1 Å². The second-order valence-corrected chi connectivity index (χ2v) is 9.71. The summed E-state index contributed by atoms with van der Waals surface area (Å²) in [6, 6.07) is 14.4. The van der Waals surface area contributed by atoms with Crippen LogP contribution in [0.25, 0.3) is 22.3 Å². The molecular weight excluding hydrogens is 442 g/mol. The summed E-state index contributed by atoms with van der Waals surface area (Å²) in [6.07, 6.45) is 3.25. The molecule has 0 spiro atoms. The van der Waals surface area contributed by atoms with Crippen LogP contribution in [-0.4, -0.2) is 27.7 Å². The first-order valence-corrected chi connectivity index (χ1v) is 11.8. The van der Waals surface area contributed by atoms with Gasteiger partial charge in [0.2, 0.25) is 10.0 Å². The number of rotatable bonds is 5. The molecule has 0 saturated heterocycles. The van der Waals surface area contributed by atoms with Gasteiger partial charge in [-0.25, -0.2) is 26.7 Å². The number of fused-ring (bicyclic) bond motifs is 1. The molecule has 2 aromatic carbocycles. The third-order valence-electron chi connectivity index (χ3n) is 4.40. The summed E-state index contributed by atoms with van der Waals surface area (Å²) in [5.41, 5.74) is 1.28. The second kappa shape index (κ2) is 7.61. The van der Waals surface area contributed by atoms with Crippen molar-refractivity contribution in [3.63, 3.8) is 0 Å². The molecule has 4 rings (SSSR count). The Bertz CT molecular complexity index is 1510. The van der Waals surface area contributed by atoms with Crippen LogP contribution in [-0.2, 0) is 20.0 Å². The lowest BCUT2D eigenvalue weighted by atomic mass is 10.1. The van der Waals surface area contributed by atoms with E-state index in [9.17, 15) is 21.6 Å². The fourth-order valence-electron chi connectivity index (χ4n) is 2.98. The molecule has 3 N–H and O–H groups in total. The highest BCUT2D eigenvalue weighted by Crippen LogP contribution is 2.28. The summed E-state index contributed by atoms with van der Waals surface area (Å²) in [5, 5.41) is 5.67. The lowest BCUT2D eigenvalue weighted by Gasteiger charge is -2.10. The van der Waals surface area contributed by atoms with E-state index < -0.39 is 35.7 Å². The topological polar surface area (TPSA) is 149 Å². The Morgan fingerprint density at radius 1 is 0.935 bits per heavy atom. The van der Waals surface area contributed by atoms with Crippen molar-refractivity contribution >= 4 is 36.9 Å². The number of nitrogens with two attached hydrogens (primary N) is 1. The van der Waals surface area contributed by atoms with E-state index in [1.54, 1.807) is 24.5 Å². The molecule has 1 amide bonds. The number of carbonyl (C=O) groups is 1. The van der Waals surface area contributed by atoms with Crippen LogP contribution in [0.4, 0.5) is 0 Å². The SMILES string of the molecule is NS(=O)(=O)c1ccccc1S(=O)(=O)NC(=O)c1ccc2oc(-c3cccnc3)cc2c1. The van der Waals surface area contributed by atoms with E-state index >= 15 is 0 Å². The molecule has 31 heavy (non-hydrogen) atoms. The van der Waals surface area contributed by atoms with Gasteiger partial charge < -0.3 is 4.42 Å². The van der Waals surface area contributed by atoms with Gasteiger partial charge in [0.05, 0.1) is 0 Å². The molecule has 2 aromatic heterocycles. The second-order valence-electron chi connectivity index (χ2n) is 6.53. The Balaban J connectivity index is 1.66. The van der Waals surface area contributed by atoms with Gasteiger partial charge in [0.1, 0.15) is 21.1 Å². The maximum absolute atomic E-state index is 12.7. The van der Waals surface area contributed by atoms with E-state index in [-0.39, 0.29) is 5.56 Å². The molecule has 158 valence electrons. The van der Waals surface area contributed by atoms with E-state index in [1.807, 2.05) is 10.8 Å². The Morgan fingerprint density at radius 2 is 1.68 bits per heavy atom. The number of sulfonamides is 2. The first kappa shape index (κ1) is 20.7. The first-order chi connectivity index (χ1) is 14.6. The molecule has 0 radical (unpaired) electrons. The largest absolute Gasteiger partial charge is 0.456 e. The third kappa shape index (κ3) is 4.19. The minimum atomic E-state index is -4.50. The molecule has 0 unspecified atom stereocenters. The van der Waals surface area contributed by atoms with Gasteiger partial charge in [0, 0.05) is 28.9 Å². The lowest BCUT2D eigenvalue weighted by molar-refractivity contribution is 0.0981. The molecule has 0 atom stereocenters. The van der Waals surface area contributed by atoms with Crippen molar-refractivity contribution in [1.29, 1.82) is 0 Å². The number of carbonyl (C=O) groups excluding carboxylic acids is 1. The predicted octanol–water partition coefficient (Wildman–Crippen LogP) is 2.26. The van der Waals surface area contributed by atoms with Crippen LogP contribution in [0.1, 0.15) is 10.4 Å². The summed E-state index contributed by atoms with van der Waals surface area (Å²) in [5.74, 6) is -0.398. The number of benzene rings is 2. The zero-order valence-corrected chi connectivity index (χ0v) is 17.4. The Labute approximate surface area is 177 Å². The van der Waals surface area contributed by atoms with Crippen LogP contribution < -0.4 is 9.86 Å². The first-order valence-electron chi connectivity index (χ1n) is 8.78. The number of aromatic nitrogens is 1. The van der Waals surface area contributed by atoms with E-state index in [4.69, 9.17) is 9.56 Å². The van der Waals surface area contributed by atoms with Crippen LogP contribution in [0.15, 0.2) is 87.3 Å². The molecule has 9 nitrogen and oxygen atoms in total. The van der Waals surface area contributed by atoms with Gasteiger partial charge in [-0.05, 0) is 48.5 Å². The number of hydrogen-bond donors (Lipinski definition) is 2. The van der Waals surface area contributed by atoms with Crippen molar-refractivity contribution < 1.29 is 26.0 Å². The maximum Gasteiger partial charge on any atom is 0.265 e. The number of nitrogens with zero attached hydrogens (tertiary/aromatic N) is 1. The molecule has 0 fully saturated rings. The maximum atomic E-state index is 12.7. The van der Waals surface area contributed by atoms with Crippen molar-refractivity contribution in [2.45, 2.75) is 9.79 Å². The van der Waals surface area contributed by atoms with Crippen molar-refractivity contribution in [3.05, 3.63) is 78.6 Å². The van der Waals surface area contributed by atoms with E-state index in [2.05, 4.69) is 4.98 Å². The van der Waals surface area contributed by atoms with Crippen molar-refractivity contribution in [2.24, 2.45) is 5.14 Å². The summed E-state index contributed by atoms with van der Waals surface area (Å²) >= 11 is 0. The summed E-state index contributed by atoms with van der Waals surface area (Å²) in [7, 11) is -8.82. The van der Waals surface area contributed by atoms with Crippen molar-refractivity contribution in [2.75, 3.05) is 0 Å². The lowest BCUT2D eigenvalue weighted by Crippen LogP contribution is -2.32. The standard InChI is InChI=1S/C20H15N3O6S2/c21-30(25,26)18-5-1-2-6-19(18)31(27,28)23-20(24)13-7-8-16-15(10-13)11-17(29-16)14-4-3-9-22-12-14/h1-12H,(H,23,24)(H2,21,25,26). The molecule has 0 bridgehead atoms. The van der Waals surface area contributed by atoms with Crippen LogP contribution in [0.5, 0.6) is 0 Å². The van der Waals surface area contributed by atoms with Crippen molar-refractivity contribution in [3.8, 4) is 11.3 Å². The molecule has 0 saturated carbocycles. The van der Waals surface area contributed by atoms with Gasteiger partial charge in [-0.2, -0.15) is 0 Å². The fraction of sp³-hybridized carbons (Fsp3) is 0. The fourth-order valence-corrected chi connectivity index (χ4v) is 5.34. The molecule has 0 aliphatic carbocycles. The van der Waals surface area contributed by atoms with E-state index in [0.29, 0.717) is 16.7 Å². The molecule has 0 aliphatic heterocycles. The minimum absolute atomic E-state index is 0.0442. The van der Waals surface area contributed by atoms with Gasteiger partial charge in [0.25, 0.3) is 15.9 Å². The van der Waals surface area contributed by atoms with Gasteiger partial charge in [-0.3, -0.25) is 9.78 Å². The molecular formula is C20H15N3O6S2. The molecule has 0 aliphatic rings. The monoisotopic (exact) mass is 457 g/mol. The number of amides is 1. The van der Waals surface area contributed by atoms with E-state index in [0.717, 1.165) is 17.7 Å². The molecule has 2 heterocycles. The zero-order chi connectivity index (χ0) is 22.2. The summed E-state index contributed by atoms with van der Waals surface area (Å²) < 4.78 is 56.4. The van der Waals surface area contributed by atoms with Gasteiger partial charge in [0.15, 0.2) is 0 Å². The number of primary sulfonamides is 1. The minimum Gasteiger partial charge on any atom is -0.456 e. The third-order valence-corrected chi connectivity index (χ3v) is 6.88. The van der Waals surface area contributed by atoms with Gasteiger partial charge in [-0.15, -0.1) is 0 Å². The van der Waals surface area contributed by atoms with Crippen LogP contribution in [0.2, 0.25) is 0 Å². The normalized spacial score (nSPS) is 12.0.